The Kier molecular flexibility index (Phi) is 8.09. The number of hydrogen-bond acceptors (Lipinski definition) is 6. The quantitative estimate of drug-likeness (QED) is 0.516. The van der Waals surface area contributed by atoms with Crippen molar-refractivity contribution >= 4 is 24.0 Å². The average molecular weight is 452 g/mol. The van der Waals surface area contributed by atoms with E-state index in [1.54, 1.807) is 26.8 Å². The summed E-state index contributed by atoms with van der Waals surface area (Å²) in [6, 6.07) is 15.9. The summed E-state index contributed by atoms with van der Waals surface area (Å²) in [6.45, 7) is 5.50. The summed E-state index contributed by atoms with van der Waals surface area (Å²) in [4.78, 5) is 33.3. The Hall–Kier alpha value is -3.35. The molecule has 1 fully saturated rings. The van der Waals surface area contributed by atoms with Crippen molar-refractivity contribution in [2.45, 2.75) is 51.9 Å². The van der Waals surface area contributed by atoms with Crippen LogP contribution in [0.15, 0.2) is 54.6 Å². The molecule has 1 aliphatic rings. The van der Waals surface area contributed by atoms with Gasteiger partial charge in [0.25, 0.3) is 0 Å². The molecule has 3 rings (SSSR count). The number of esters is 1. The molecule has 1 heterocycles. The van der Waals surface area contributed by atoms with Crippen LogP contribution in [0.1, 0.15) is 44.9 Å². The fourth-order valence-electron chi connectivity index (χ4n) is 3.22. The van der Waals surface area contributed by atoms with Crippen molar-refractivity contribution < 1.29 is 19.1 Å². The van der Waals surface area contributed by atoms with E-state index >= 15 is 0 Å². The first-order chi connectivity index (χ1) is 15.7. The predicted molar refractivity (Wildman–Crippen MR) is 129 cm³/mol. The number of amides is 1. The molecule has 0 bridgehead atoms. The van der Waals surface area contributed by atoms with Gasteiger partial charge in [0, 0.05) is 19.6 Å². The van der Waals surface area contributed by atoms with Crippen LogP contribution in [0.2, 0.25) is 0 Å². The fourth-order valence-corrected chi connectivity index (χ4v) is 3.22. The molecule has 0 spiro atoms. The molecule has 1 aliphatic carbocycles. The number of hydrogen-bond donors (Lipinski definition) is 0. The van der Waals surface area contributed by atoms with Crippen LogP contribution in [0, 0.1) is 0 Å². The highest BCUT2D eigenvalue weighted by molar-refractivity contribution is 5.78. The number of ether oxygens (including phenoxy) is 2. The van der Waals surface area contributed by atoms with Crippen LogP contribution >= 0.6 is 0 Å². The monoisotopic (exact) mass is 451 g/mol. The van der Waals surface area contributed by atoms with E-state index in [1.807, 2.05) is 54.6 Å². The van der Waals surface area contributed by atoms with Crippen molar-refractivity contribution in [1.29, 1.82) is 0 Å². The molecule has 0 N–H and O–H groups in total. The van der Waals surface area contributed by atoms with Crippen molar-refractivity contribution in [3.8, 4) is 0 Å². The number of anilines is 1. The molecular weight excluding hydrogens is 418 g/mol. The molecule has 0 saturated heterocycles. The second kappa shape index (κ2) is 11.0. The Labute approximate surface area is 196 Å². The summed E-state index contributed by atoms with van der Waals surface area (Å²) in [5.41, 5.74) is 1.03. The summed E-state index contributed by atoms with van der Waals surface area (Å²) >= 11 is 0. The SMILES string of the molecule is CN(c1cccc(/C=C/CN(CC(=O)OC(C)(C)C)C(=O)OCc2ccccc2)n1)C1CC1. The first-order valence-electron chi connectivity index (χ1n) is 11.3. The van der Waals surface area contributed by atoms with Gasteiger partial charge in [-0.05, 0) is 57.4 Å². The van der Waals surface area contributed by atoms with E-state index in [9.17, 15) is 9.59 Å². The summed E-state index contributed by atoms with van der Waals surface area (Å²) in [5.74, 6) is 0.436. The maximum absolute atomic E-state index is 12.7. The molecule has 33 heavy (non-hydrogen) atoms. The fraction of sp³-hybridized carbons (Fsp3) is 0.423. The smallest absolute Gasteiger partial charge is 0.410 e. The van der Waals surface area contributed by atoms with Crippen LogP contribution in [-0.4, -0.2) is 53.7 Å². The lowest BCUT2D eigenvalue weighted by molar-refractivity contribution is -0.155. The third kappa shape index (κ3) is 8.25. The number of carbonyl (C=O) groups excluding carboxylic acids is 2. The van der Waals surface area contributed by atoms with Gasteiger partial charge >= 0.3 is 12.1 Å². The van der Waals surface area contributed by atoms with Gasteiger partial charge in [-0.25, -0.2) is 9.78 Å². The summed E-state index contributed by atoms with van der Waals surface area (Å²) < 4.78 is 10.8. The molecule has 0 unspecified atom stereocenters. The van der Waals surface area contributed by atoms with Gasteiger partial charge < -0.3 is 14.4 Å². The van der Waals surface area contributed by atoms with E-state index in [4.69, 9.17) is 9.47 Å². The Morgan fingerprint density at radius 2 is 1.82 bits per heavy atom. The molecule has 0 atom stereocenters. The molecule has 7 nitrogen and oxygen atoms in total. The number of nitrogens with zero attached hydrogens (tertiary/aromatic N) is 3. The largest absolute Gasteiger partial charge is 0.459 e. The van der Waals surface area contributed by atoms with Crippen LogP contribution in [0.3, 0.4) is 0 Å². The standard InChI is InChI=1S/C26H33N3O4/c1-26(2,3)33-24(30)18-29(25(31)32-19-20-10-6-5-7-11-20)17-9-13-21-12-8-14-23(27-21)28(4)22-15-16-22/h5-14,22H,15-19H2,1-4H3/b13-9+. The lowest BCUT2D eigenvalue weighted by Crippen LogP contribution is -2.39. The van der Waals surface area contributed by atoms with Crippen molar-refractivity contribution in [3.05, 3.63) is 65.9 Å². The molecule has 1 amide bonds. The van der Waals surface area contributed by atoms with Gasteiger partial charge in [0.05, 0.1) is 5.69 Å². The maximum Gasteiger partial charge on any atom is 0.410 e. The van der Waals surface area contributed by atoms with Crippen LogP contribution < -0.4 is 4.90 Å². The van der Waals surface area contributed by atoms with E-state index in [2.05, 4.69) is 16.9 Å². The average Bonchev–Trinajstić information content (AvgIpc) is 3.61. The van der Waals surface area contributed by atoms with Crippen LogP contribution in [0.4, 0.5) is 10.6 Å². The highest BCUT2D eigenvalue weighted by Gasteiger charge is 2.27. The number of aromatic nitrogens is 1. The molecule has 2 aromatic rings. The molecular formula is C26H33N3O4. The van der Waals surface area contributed by atoms with E-state index in [1.165, 1.54) is 17.7 Å². The third-order valence-electron chi connectivity index (χ3n) is 5.03. The predicted octanol–water partition coefficient (Wildman–Crippen LogP) is 4.67. The van der Waals surface area contributed by atoms with Gasteiger partial charge in [0.15, 0.2) is 0 Å². The Morgan fingerprint density at radius 1 is 1.09 bits per heavy atom. The third-order valence-corrected chi connectivity index (χ3v) is 5.03. The van der Waals surface area contributed by atoms with E-state index in [-0.39, 0.29) is 19.7 Å². The number of pyridine rings is 1. The van der Waals surface area contributed by atoms with Gasteiger partial charge in [0.1, 0.15) is 24.6 Å². The van der Waals surface area contributed by atoms with Crippen LogP contribution in [0.25, 0.3) is 6.08 Å². The van der Waals surface area contributed by atoms with Crippen molar-refractivity contribution in [3.63, 3.8) is 0 Å². The molecule has 1 aromatic carbocycles. The van der Waals surface area contributed by atoms with Gasteiger partial charge in [-0.2, -0.15) is 0 Å². The van der Waals surface area contributed by atoms with Crippen molar-refractivity contribution in [2.75, 3.05) is 25.0 Å². The molecule has 0 aliphatic heterocycles. The second-order valence-corrected chi connectivity index (χ2v) is 9.17. The van der Waals surface area contributed by atoms with Gasteiger partial charge in [-0.3, -0.25) is 9.69 Å². The minimum absolute atomic E-state index is 0.130. The van der Waals surface area contributed by atoms with Crippen LogP contribution in [0.5, 0.6) is 0 Å². The summed E-state index contributed by atoms with van der Waals surface area (Å²) in [6.07, 6.45) is 5.46. The first kappa shape index (κ1) is 24.3. The highest BCUT2D eigenvalue weighted by Crippen LogP contribution is 2.29. The van der Waals surface area contributed by atoms with Gasteiger partial charge in [-0.1, -0.05) is 42.5 Å². The van der Waals surface area contributed by atoms with Crippen molar-refractivity contribution in [2.24, 2.45) is 0 Å². The molecule has 1 aromatic heterocycles. The highest BCUT2D eigenvalue weighted by atomic mass is 16.6. The minimum atomic E-state index is -0.634. The second-order valence-electron chi connectivity index (χ2n) is 9.17. The normalized spacial score (nSPS) is 13.6. The Balaban J connectivity index is 1.64. The lowest BCUT2D eigenvalue weighted by atomic mass is 10.2. The number of benzene rings is 1. The number of carbonyl (C=O) groups is 2. The van der Waals surface area contributed by atoms with Crippen LogP contribution in [-0.2, 0) is 20.9 Å². The number of rotatable bonds is 9. The first-order valence-corrected chi connectivity index (χ1v) is 11.3. The minimum Gasteiger partial charge on any atom is -0.459 e. The zero-order valence-corrected chi connectivity index (χ0v) is 19.9. The summed E-state index contributed by atoms with van der Waals surface area (Å²) in [7, 11) is 2.05. The zero-order chi connectivity index (χ0) is 23.8. The molecule has 0 radical (unpaired) electrons. The maximum atomic E-state index is 12.7. The molecule has 1 saturated carbocycles. The Bertz CT molecular complexity index is 965. The van der Waals surface area contributed by atoms with Gasteiger partial charge in [0.2, 0.25) is 0 Å². The molecule has 7 heteroatoms. The Morgan fingerprint density at radius 3 is 2.48 bits per heavy atom. The topological polar surface area (TPSA) is 72.0 Å². The zero-order valence-electron chi connectivity index (χ0n) is 19.9. The summed E-state index contributed by atoms with van der Waals surface area (Å²) in [5, 5.41) is 0. The van der Waals surface area contributed by atoms with E-state index in [0.29, 0.717) is 6.04 Å². The van der Waals surface area contributed by atoms with Gasteiger partial charge in [-0.15, -0.1) is 0 Å². The van der Waals surface area contributed by atoms with E-state index < -0.39 is 17.7 Å². The van der Waals surface area contributed by atoms with E-state index in [0.717, 1.165) is 17.1 Å². The lowest BCUT2D eigenvalue weighted by Gasteiger charge is -2.24. The molecule has 176 valence electrons. The van der Waals surface area contributed by atoms with Crippen molar-refractivity contribution in [1.82, 2.24) is 9.88 Å².